The molecule has 1 saturated heterocycles. The van der Waals surface area contributed by atoms with Crippen LogP contribution in [0.15, 0.2) is 4.99 Å². The van der Waals surface area contributed by atoms with Gasteiger partial charge in [-0.2, -0.15) is 0 Å². The number of nitrogens with one attached hydrogen (secondary N) is 3. The van der Waals surface area contributed by atoms with E-state index >= 15 is 0 Å². The van der Waals surface area contributed by atoms with E-state index in [4.69, 9.17) is 0 Å². The number of likely N-dealkylation sites (tertiary alicyclic amines) is 1. The maximum Gasteiger partial charge on any atom is 0.222 e. The molecular formula is C17H33N5O2. The lowest BCUT2D eigenvalue weighted by atomic mass is 9.93. The number of aliphatic imine (C=N–C) groups is 1. The first-order chi connectivity index (χ1) is 11.5. The fraction of sp³-hybridized carbons (Fsp3) is 0.824. The number of hydrogen-bond donors (Lipinski definition) is 3. The van der Waals surface area contributed by atoms with Crippen molar-refractivity contribution < 1.29 is 9.59 Å². The van der Waals surface area contributed by atoms with Gasteiger partial charge in [0, 0.05) is 45.6 Å². The zero-order chi connectivity index (χ0) is 17.9. The number of guanidine groups is 1. The van der Waals surface area contributed by atoms with Gasteiger partial charge in [-0.1, -0.05) is 13.8 Å². The molecule has 0 aromatic heterocycles. The van der Waals surface area contributed by atoms with Crippen molar-refractivity contribution in [2.24, 2.45) is 16.8 Å². The van der Waals surface area contributed by atoms with Crippen LogP contribution in [0.5, 0.6) is 0 Å². The van der Waals surface area contributed by atoms with Gasteiger partial charge in [0.25, 0.3) is 0 Å². The molecule has 0 atom stereocenters. The van der Waals surface area contributed by atoms with Gasteiger partial charge < -0.3 is 20.9 Å². The molecule has 1 fully saturated rings. The van der Waals surface area contributed by atoms with E-state index in [1.807, 2.05) is 20.8 Å². The molecule has 0 aromatic rings. The van der Waals surface area contributed by atoms with Crippen LogP contribution in [0.2, 0.25) is 0 Å². The fourth-order valence-corrected chi connectivity index (χ4v) is 2.68. The van der Waals surface area contributed by atoms with E-state index in [9.17, 15) is 9.59 Å². The van der Waals surface area contributed by atoms with Crippen LogP contribution >= 0.6 is 0 Å². The van der Waals surface area contributed by atoms with Crippen molar-refractivity contribution in [2.75, 3.05) is 39.8 Å². The van der Waals surface area contributed by atoms with Crippen molar-refractivity contribution in [2.45, 2.75) is 40.0 Å². The van der Waals surface area contributed by atoms with Gasteiger partial charge in [0.15, 0.2) is 5.96 Å². The predicted octanol–water partition coefficient (Wildman–Crippen LogP) is 0.572. The molecular weight excluding hydrogens is 306 g/mol. The number of piperidine rings is 1. The largest absolute Gasteiger partial charge is 0.359 e. The lowest BCUT2D eigenvalue weighted by Crippen LogP contribution is -2.46. The summed E-state index contributed by atoms with van der Waals surface area (Å²) in [6, 6.07) is 0. The van der Waals surface area contributed by atoms with Crippen LogP contribution in [-0.4, -0.2) is 62.4 Å². The Bertz CT molecular complexity index is 429. The smallest absolute Gasteiger partial charge is 0.222 e. The molecule has 7 heteroatoms. The van der Waals surface area contributed by atoms with Crippen LogP contribution in [-0.2, 0) is 9.59 Å². The molecule has 0 unspecified atom stereocenters. The van der Waals surface area contributed by atoms with Crippen molar-refractivity contribution in [3.8, 4) is 0 Å². The Morgan fingerprint density at radius 2 is 1.88 bits per heavy atom. The summed E-state index contributed by atoms with van der Waals surface area (Å²) < 4.78 is 0. The second-order valence-corrected chi connectivity index (χ2v) is 6.49. The second kappa shape index (κ2) is 10.9. The molecule has 0 spiro atoms. The first-order valence-corrected chi connectivity index (χ1v) is 8.99. The normalized spacial score (nSPS) is 16.2. The van der Waals surface area contributed by atoms with Crippen LogP contribution in [0.4, 0.5) is 0 Å². The molecule has 0 aromatic carbocycles. The van der Waals surface area contributed by atoms with E-state index in [0.717, 1.165) is 38.4 Å². The highest BCUT2D eigenvalue weighted by atomic mass is 16.2. The minimum absolute atomic E-state index is 0.00145. The first-order valence-electron chi connectivity index (χ1n) is 8.99. The van der Waals surface area contributed by atoms with Gasteiger partial charge in [-0.3, -0.25) is 14.6 Å². The van der Waals surface area contributed by atoms with E-state index in [-0.39, 0.29) is 17.7 Å². The summed E-state index contributed by atoms with van der Waals surface area (Å²) in [5.74, 6) is 1.53. The Labute approximate surface area is 145 Å². The van der Waals surface area contributed by atoms with Gasteiger partial charge in [-0.25, -0.2) is 0 Å². The molecule has 0 saturated carbocycles. The quantitative estimate of drug-likeness (QED) is 0.360. The number of rotatable bonds is 7. The highest BCUT2D eigenvalue weighted by molar-refractivity contribution is 5.80. The van der Waals surface area contributed by atoms with Crippen LogP contribution in [0, 0.1) is 11.8 Å². The van der Waals surface area contributed by atoms with E-state index in [2.05, 4.69) is 25.8 Å². The maximum absolute atomic E-state index is 11.5. The summed E-state index contributed by atoms with van der Waals surface area (Å²) in [6.07, 6.45) is 2.61. The van der Waals surface area contributed by atoms with E-state index in [0.29, 0.717) is 25.4 Å². The summed E-state index contributed by atoms with van der Waals surface area (Å²) in [4.78, 5) is 29.9. The Morgan fingerprint density at radius 1 is 1.21 bits per heavy atom. The topological polar surface area (TPSA) is 85.8 Å². The number of carbonyl (C=O) groups is 2. The fourth-order valence-electron chi connectivity index (χ4n) is 2.68. The van der Waals surface area contributed by atoms with Crippen LogP contribution in [0.1, 0.15) is 40.0 Å². The zero-order valence-electron chi connectivity index (χ0n) is 15.5. The molecule has 7 nitrogen and oxygen atoms in total. The van der Waals surface area contributed by atoms with Crippen LogP contribution in [0.3, 0.4) is 0 Å². The highest BCUT2D eigenvalue weighted by Crippen LogP contribution is 2.20. The van der Waals surface area contributed by atoms with Crippen LogP contribution in [0.25, 0.3) is 0 Å². The highest BCUT2D eigenvalue weighted by Gasteiger charge is 2.22. The van der Waals surface area contributed by atoms with Gasteiger partial charge in [0.1, 0.15) is 0 Å². The zero-order valence-corrected chi connectivity index (χ0v) is 15.5. The summed E-state index contributed by atoms with van der Waals surface area (Å²) in [7, 11) is 1.69. The minimum Gasteiger partial charge on any atom is -0.359 e. The van der Waals surface area contributed by atoms with Crippen molar-refractivity contribution in [1.29, 1.82) is 0 Å². The molecule has 0 aliphatic carbocycles. The number of amides is 2. The Kier molecular flexibility index (Phi) is 9.19. The number of hydrogen-bond acceptors (Lipinski definition) is 3. The predicted molar refractivity (Wildman–Crippen MR) is 96.8 cm³/mol. The molecule has 1 aliphatic rings. The molecule has 3 N–H and O–H groups in total. The van der Waals surface area contributed by atoms with E-state index in [1.54, 1.807) is 7.05 Å². The molecule has 24 heavy (non-hydrogen) atoms. The van der Waals surface area contributed by atoms with E-state index in [1.165, 1.54) is 0 Å². The summed E-state index contributed by atoms with van der Waals surface area (Å²) >= 11 is 0. The number of carbonyl (C=O) groups excluding carboxylic acids is 2. The third-order valence-electron chi connectivity index (χ3n) is 4.20. The second-order valence-electron chi connectivity index (χ2n) is 6.49. The van der Waals surface area contributed by atoms with Crippen LogP contribution < -0.4 is 16.0 Å². The maximum atomic E-state index is 11.5. The Morgan fingerprint density at radius 3 is 2.42 bits per heavy atom. The molecule has 0 radical (unpaired) electrons. The average Bonchev–Trinajstić information content (AvgIpc) is 2.58. The lowest BCUT2D eigenvalue weighted by Gasteiger charge is -2.34. The van der Waals surface area contributed by atoms with Crippen molar-refractivity contribution in [3.05, 3.63) is 0 Å². The molecule has 1 heterocycles. The Hall–Kier alpha value is -1.79. The Balaban J connectivity index is 2.43. The molecule has 1 rings (SSSR count). The SMILES string of the molecule is CCNC(=NCCNC(=O)C(C)C)N1CCC(CC(=O)NC)CC1. The van der Waals surface area contributed by atoms with Gasteiger partial charge in [-0.15, -0.1) is 0 Å². The average molecular weight is 339 g/mol. The summed E-state index contributed by atoms with van der Waals surface area (Å²) in [5.41, 5.74) is 0. The van der Waals surface area contributed by atoms with Crippen molar-refractivity contribution in [3.63, 3.8) is 0 Å². The van der Waals surface area contributed by atoms with Gasteiger partial charge >= 0.3 is 0 Å². The summed E-state index contributed by atoms with van der Waals surface area (Å²) in [6.45, 7) is 9.57. The third kappa shape index (κ3) is 7.19. The lowest BCUT2D eigenvalue weighted by molar-refractivity contribution is -0.124. The standard InChI is InChI=1S/C17H33N5O2/c1-5-19-17(21-9-8-20-16(24)13(2)3)22-10-6-14(7-11-22)12-15(23)18-4/h13-14H,5-12H2,1-4H3,(H,18,23)(H,19,21)(H,20,24). The van der Waals surface area contributed by atoms with Gasteiger partial charge in [-0.05, 0) is 25.7 Å². The van der Waals surface area contributed by atoms with E-state index < -0.39 is 0 Å². The molecule has 138 valence electrons. The third-order valence-corrected chi connectivity index (χ3v) is 4.20. The van der Waals surface area contributed by atoms with Crippen molar-refractivity contribution >= 4 is 17.8 Å². The van der Waals surface area contributed by atoms with Gasteiger partial charge in [0.2, 0.25) is 11.8 Å². The summed E-state index contributed by atoms with van der Waals surface area (Å²) in [5, 5.41) is 8.89. The van der Waals surface area contributed by atoms with Crippen molar-refractivity contribution in [1.82, 2.24) is 20.9 Å². The monoisotopic (exact) mass is 339 g/mol. The van der Waals surface area contributed by atoms with Gasteiger partial charge in [0.05, 0.1) is 6.54 Å². The number of nitrogens with zero attached hydrogens (tertiary/aromatic N) is 2. The molecule has 1 aliphatic heterocycles. The first kappa shape index (κ1) is 20.3. The molecule has 0 bridgehead atoms. The molecule has 2 amide bonds. The minimum atomic E-state index is 0.00145.